The number of para-hydroxylation sites is 1. The van der Waals surface area contributed by atoms with Crippen molar-refractivity contribution in [2.24, 2.45) is 7.05 Å². The van der Waals surface area contributed by atoms with E-state index in [1.54, 1.807) is 74.2 Å². The van der Waals surface area contributed by atoms with E-state index in [0.29, 0.717) is 28.1 Å². The van der Waals surface area contributed by atoms with Gasteiger partial charge in [0.2, 0.25) is 0 Å². The predicted molar refractivity (Wildman–Crippen MR) is 102 cm³/mol. The second kappa shape index (κ2) is 6.80. The van der Waals surface area contributed by atoms with Crippen LogP contribution in [-0.2, 0) is 7.05 Å². The number of benzene rings is 1. The number of aromatic nitrogens is 4. The Morgan fingerprint density at radius 3 is 2.56 bits per heavy atom. The zero-order valence-corrected chi connectivity index (χ0v) is 14.5. The Morgan fingerprint density at radius 1 is 1.00 bits per heavy atom. The molecule has 27 heavy (non-hydrogen) atoms. The SMILES string of the molecule is Cn1c(-c2ccncc2)nc2c(C(=O)Nc3ccccn3)cccc2c1=O. The second-order valence-corrected chi connectivity index (χ2v) is 5.91. The molecule has 0 spiro atoms. The minimum atomic E-state index is -0.374. The van der Waals surface area contributed by atoms with Gasteiger partial charge in [-0.3, -0.25) is 19.1 Å². The molecule has 0 radical (unpaired) electrons. The van der Waals surface area contributed by atoms with Crippen LogP contribution in [-0.4, -0.2) is 25.4 Å². The van der Waals surface area contributed by atoms with E-state index in [2.05, 4.69) is 20.3 Å². The first-order chi connectivity index (χ1) is 13.1. The molecule has 3 aromatic heterocycles. The van der Waals surface area contributed by atoms with E-state index in [4.69, 9.17) is 0 Å². The number of nitrogens with zero attached hydrogens (tertiary/aromatic N) is 4. The maximum absolute atomic E-state index is 12.8. The fourth-order valence-corrected chi connectivity index (χ4v) is 2.86. The van der Waals surface area contributed by atoms with Crippen molar-refractivity contribution in [3.63, 3.8) is 0 Å². The molecule has 1 N–H and O–H groups in total. The fraction of sp³-hybridized carbons (Fsp3) is 0.0500. The first kappa shape index (κ1) is 16.6. The minimum Gasteiger partial charge on any atom is -0.306 e. The van der Waals surface area contributed by atoms with Crippen molar-refractivity contribution < 1.29 is 4.79 Å². The molecule has 1 aromatic carbocycles. The van der Waals surface area contributed by atoms with Crippen molar-refractivity contribution in [2.75, 3.05) is 5.32 Å². The van der Waals surface area contributed by atoms with Crippen LogP contribution in [0, 0.1) is 0 Å². The van der Waals surface area contributed by atoms with Crippen LogP contribution in [0.1, 0.15) is 10.4 Å². The molecule has 0 bridgehead atoms. The third kappa shape index (κ3) is 3.06. The van der Waals surface area contributed by atoms with E-state index in [9.17, 15) is 9.59 Å². The molecule has 0 saturated heterocycles. The summed E-state index contributed by atoms with van der Waals surface area (Å²) in [4.78, 5) is 38.3. The average Bonchev–Trinajstić information content (AvgIpc) is 2.71. The molecule has 7 heteroatoms. The number of amides is 1. The number of hydrogen-bond donors (Lipinski definition) is 1. The molecule has 0 aliphatic rings. The Morgan fingerprint density at radius 2 is 1.81 bits per heavy atom. The molecule has 0 atom stereocenters. The lowest BCUT2D eigenvalue weighted by Crippen LogP contribution is -2.22. The zero-order valence-electron chi connectivity index (χ0n) is 14.5. The van der Waals surface area contributed by atoms with Gasteiger partial charge in [0, 0.05) is 31.2 Å². The second-order valence-electron chi connectivity index (χ2n) is 5.91. The Bertz CT molecular complexity index is 1190. The molecule has 4 aromatic rings. The maximum Gasteiger partial charge on any atom is 0.261 e. The quantitative estimate of drug-likeness (QED) is 0.609. The van der Waals surface area contributed by atoms with Crippen molar-refractivity contribution >= 4 is 22.6 Å². The van der Waals surface area contributed by atoms with Gasteiger partial charge in [0.15, 0.2) is 0 Å². The van der Waals surface area contributed by atoms with Crippen molar-refractivity contribution in [1.29, 1.82) is 0 Å². The monoisotopic (exact) mass is 357 g/mol. The van der Waals surface area contributed by atoms with E-state index in [1.807, 2.05) is 0 Å². The van der Waals surface area contributed by atoms with Gasteiger partial charge >= 0.3 is 0 Å². The highest BCUT2D eigenvalue weighted by molar-refractivity contribution is 6.11. The molecule has 132 valence electrons. The summed E-state index contributed by atoms with van der Waals surface area (Å²) in [5.41, 5.74) is 1.18. The van der Waals surface area contributed by atoms with E-state index < -0.39 is 0 Å². The lowest BCUT2D eigenvalue weighted by atomic mass is 10.1. The maximum atomic E-state index is 12.8. The molecule has 0 unspecified atom stereocenters. The molecule has 0 saturated carbocycles. The summed E-state index contributed by atoms with van der Waals surface area (Å²) in [6.45, 7) is 0. The summed E-state index contributed by atoms with van der Waals surface area (Å²) in [5, 5.41) is 3.11. The van der Waals surface area contributed by atoms with Crippen molar-refractivity contribution in [1.82, 2.24) is 19.5 Å². The predicted octanol–water partition coefficient (Wildman–Crippen LogP) is 2.64. The highest BCUT2D eigenvalue weighted by atomic mass is 16.2. The van der Waals surface area contributed by atoms with Crippen LogP contribution >= 0.6 is 0 Å². The molecule has 0 fully saturated rings. The van der Waals surface area contributed by atoms with Gasteiger partial charge < -0.3 is 5.32 Å². The van der Waals surface area contributed by atoms with Crippen LogP contribution in [0.25, 0.3) is 22.3 Å². The first-order valence-electron chi connectivity index (χ1n) is 8.27. The summed E-state index contributed by atoms with van der Waals surface area (Å²) >= 11 is 0. The molecule has 4 rings (SSSR count). The third-order valence-electron chi connectivity index (χ3n) is 4.20. The lowest BCUT2D eigenvalue weighted by Gasteiger charge is -2.12. The molecule has 3 heterocycles. The summed E-state index contributed by atoms with van der Waals surface area (Å²) in [7, 11) is 1.66. The summed E-state index contributed by atoms with van der Waals surface area (Å²) in [6.07, 6.45) is 4.85. The molecule has 0 aliphatic heterocycles. The average molecular weight is 357 g/mol. The smallest absolute Gasteiger partial charge is 0.261 e. The number of carbonyl (C=O) groups is 1. The number of nitrogens with one attached hydrogen (secondary N) is 1. The van der Waals surface area contributed by atoms with E-state index in [1.165, 1.54) is 4.57 Å². The summed E-state index contributed by atoms with van der Waals surface area (Å²) in [6, 6.07) is 13.8. The van der Waals surface area contributed by atoms with Gasteiger partial charge in [-0.25, -0.2) is 9.97 Å². The van der Waals surface area contributed by atoms with Gasteiger partial charge in [-0.1, -0.05) is 12.1 Å². The Labute approximate surface area is 154 Å². The number of anilines is 1. The molecular weight excluding hydrogens is 342 g/mol. The summed E-state index contributed by atoms with van der Waals surface area (Å²) in [5.74, 6) is 0.520. The van der Waals surface area contributed by atoms with Crippen LogP contribution in [0.5, 0.6) is 0 Å². The largest absolute Gasteiger partial charge is 0.306 e. The Balaban J connectivity index is 1.88. The number of rotatable bonds is 3. The van der Waals surface area contributed by atoms with Crippen LogP contribution in [0.15, 0.2) is 71.9 Å². The van der Waals surface area contributed by atoms with E-state index in [0.717, 1.165) is 5.56 Å². The molecule has 7 nitrogen and oxygen atoms in total. The number of pyridine rings is 2. The molecule has 1 amide bonds. The normalized spacial score (nSPS) is 10.7. The van der Waals surface area contributed by atoms with Gasteiger partial charge in [-0.2, -0.15) is 0 Å². The fourth-order valence-electron chi connectivity index (χ4n) is 2.86. The Kier molecular flexibility index (Phi) is 4.18. The van der Waals surface area contributed by atoms with Gasteiger partial charge in [-0.15, -0.1) is 0 Å². The van der Waals surface area contributed by atoms with Gasteiger partial charge in [0.05, 0.1) is 16.5 Å². The van der Waals surface area contributed by atoms with Gasteiger partial charge in [0.25, 0.3) is 11.5 Å². The lowest BCUT2D eigenvalue weighted by molar-refractivity contribution is 0.102. The van der Waals surface area contributed by atoms with Crippen LogP contribution < -0.4 is 10.9 Å². The van der Waals surface area contributed by atoms with Gasteiger partial charge in [-0.05, 0) is 36.4 Å². The van der Waals surface area contributed by atoms with Crippen LogP contribution in [0.4, 0.5) is 5.82 Å². The highest BCUT2D eigenvalue weighted by Crippen LogP contribution is 2.20. The standard InChI is InChI=1S/C20H15N5O2/c1-25-18(13-8-11-21-12-9-13)24-17-14(5-4-6-15(17)20(25)27)19(26)23-16-7-2-3-10-22-16/h2-12H,1H3,(H,22,23,26). The first-order valence-corrected chi connectivity index (χ1v) is 8.27. The molecule has 0 aliphatic carbocycles. The third-order valence-corrected chi connectivity index (χ3v) is 4.20. The zero-order chi connectivity index (χ0) is 18.8. The van der Waals surface area contributed by atoms with Crippen LogP contribution in [0.2, 0.25) is 0 Å². The Hall–Kier alpha value is -3.87. The van der Waals surface area contributed by atoms with Crippen molar-refractivity contribution in [3.8, 4) is 11.4 Å². The minimum absolute atomic E-state index is 0.223. The van der Waals surface area contributed by atoms with Gasteiger partial charge in [0.1, 0.15) is 11.6 Å². The molecular formula is C20H15N5O2. The number of fused-ring (bicyclic) bond motifs is 1. The highest BCUT2D eigenvalue weighted by Gasteiger charge is 2.17. The van der Waals surface area contributed by atoms with Crippen molar-refractivity contribution in [2.45, 2.75) is 0 Å². The number of carbonyl (C=O) groups excluding carboxylic acids is 1. The number of hydrogen-bond acceptors (Lipinski definition) is 5. The van der Waals surface area contributed by atoms with E-state index >= 15 is 0 Å². The van der Waals surface area contributed by atoms with Crippen LogP contribution in [0.3, 0.4) is 0 Å². The topological polar surface area (TPSA) is 89.8 Å². The summed E-state index contributed by atoms with van der Waals surface area (Å²) < 4.78 is 1.47. The van der Waals surface area contributed by atoms with E-state index in [-0.39, 0.29) is 11.5 Å². The van der Waals surface area contributed by atoms with Crippen molar-refractivity contribution in [3.05, 3.63) is 83.0 Å².